The van der Waals surface area contributed by atoms with Gasteiger partial charge in [0.05, 0.1) is 111 Å². The van der Waals surface area contributed by atoms with E-state index in [4.69, 9.17) is 33.9 Å². The lowest BCUT2D eigenvalue weighted by atomic mass is 9.96. The van der Waals surface area contributed by atoms with Gasteiger partial charge in [0.25, 0.3) is 0 Å². The molecule has 24 heteroatoms. The Hall–Kier alpha value is -10.4. The monoisotopic (exact) mass is 2010 g/mol. The van der Waals surface area contributed by atoms with Gasteiger partial charge in [-0.05, 0) is 122 Å². The van der Waals surface area contributed by atoms with Crippen LogP contribution in [0.4, 0.5) is 22.0 Å². The lowest BCUT2D eigenvalue weighted by Crippen LogP contribution is -2.17. The lowest BCUT2D eigenvalue weighted by Gasteiger charge is -2.25. The van der Waals surface area contributed by atoms with E-state index < -0.39 is 0 Å². The molecule has 0 spiro atoms. The number of hydrogen-bond donors (Lipinski definition) is 0. The molecule has 5 aromatic heterocycles. The van der Waals surface area contributed by atoms with Crippen molar-refractivity contribution >= 4 is 53.9 Å². The zero-order valence-corrected chi connectivity index (χ0v) is 88.6. The van der Waals surface area contributed by atoms with Gasteiger partial charge in [0.2, 0.25) is 21.1 Å². The van der Waals surface area contributed by atoms with Crippen molar-refractivity contribution < 1.29 is 36.2 Å². The fourth-order valence-electron chi connectivity index (χ4n) is 11.5. The van der Waals surface area contributed by atoms with Crippen molar-refractivity contribution in [3.05, 3.63) is 378 Å². The fourth-order valence-corrected chi connectivity index (χ4v) is 11.5. The minimum Gasteiger partial charge on any atom is -0.497 e. The first-order chi connectivity index (χ1) is 64.2. The van der Waals surface area contributed by atoms with Crippen molar-refractivity contribution in [2.75, 3.05) is 95.9 Å². The van der Waals surface area contributed by atoms with Crippen LogP contribution >= 0.6 is 47.8 Å². The molecule has 7 aromatic carbocycles. The molecule has 0 radical (unpaired) electrons. The highest BCUT2D eigenvalue weighted by Gasteiger charge is 2.22. The van der Waals surface area contributed by atoms with Gasteiger partial charge in [0, 0.05) is 75.8 Å². The molecule has 0 saturated heterocycles. The predicted octanol–water partition coefficient (Wildman–Crippen LogP) is 32.4. The van der Waals surface area contributed by atoms with E-state index in [0.717, 1.165) is 31.6 Å². The van der Waals surface area contributed by atoms with Crippen LogP contribution in [0.5, 0.6) is 5.75 Å². The maximum Gasteiger partial charge on any atom is 0.205 e. The molecule has 131 heavy (non-hydrogen) atoms. The Morgan fingerprint density at radius 1 is 0.405 bits per heavy atom. The number of methoxy groups -OCH3 is 3. The number of nitrogens with zero attached hydrogens (tertiary/aromatic N) is 13. The summed E-state index contributed by atoms with van der Waals surface area (Å²) in [5.41, 5.74) is 12.0. The van der Waals surface area contributed by atoms with Crippen molar-refractivity contribution in [2.24, 2.45) is 0 Å². The molecule has 0 aliphatic carbocycles. The van der Waals surface area contributed by atoms with E-state index in [9.17, 15) is 22.0 Å². The molecule has 0 fully saturated rings. The molecule has 3 aliphatic rings. The molecule has 0 N–H and O–H groups in total. The van der Waals surface area contributed by atoms with Gasteiger partial charge in [0.15, 0.2) is 6.29 Å². The molecule has 0 amide bonds. The second kappa shape index (κ2) is 118. The smallest absolute Gasteiger partial charge is 0.205 e. The van der Waals surface area contributed by atoms with Crippen LogP contribution in [0.2, 0.25) is 0 Å². The van der Waals surface area contributed by atoms with E-state index in [1.165, 1.54) is 110 Å². The third-order valence-electron chi connectivity index (χ3n) is 16.2. The van der Waals surface area contributed by atoms with Gasteiger partial charge in [-0.25, -0.2) is 44.6 Å². The summed E-state index contributed by atoms with van der Waals surface area (Å²) < 4.78 is 74.0. The number of allylic oxidation sites excluding steroid dienone is 1. The molecular weight excluding hydrogens is 1850 g/mol. The number of ether oxygens (including phenoxy) is 3. The van der Waals surface area contributed by atoms with Crippen LogP contribution in [0, 0.1) is 26.6 Å². The summed E-state index contributed by atoms with van der Waals surface area (Å²) in [4.78, 5) is 29.0. The first-order valence-corrected chi connectivity index (χ1v) is 48.3. The summed E-state index contributed by atoms with van der Waals surface area (Å²) in [6.45, 7) is 48.5. The van der Waals surface area contributed by atoms with Gasteiger partial charge < -0.3 is 51.6 Å². The van der Waals surface area contributed by atoms with Crippen LogP contribution in [-0.4, -0.2) is 150 Å². The first-order valence-electron chi connectivity index (χ1n) is 43.5. The third kappa shape index (κ3) is 69.2. The van der Waals surface area contributed by atoms with Crippen molar-refractivity contribution in [1.82, 2.24) is 47.8 Å². The average molecular weight is 2020 g/mol. The SMILES string of the molecule is C.C1=Cc2cncn2C(c2ccccc2)C1.CBr.CBr.CBr.CC.CC.CC.CC.CC.CC.CC.CF.CF.CF.CF.CF.COC(CCC(c1ccccc1)n1ccnc1)OC.COc1ccccc1.Cc1ccccc1.[C-]#[N+]C.[C-]#[N+]C.[C-]#[N+]C.c1ccc(C2CCCc3cncn32)cc1.c1ccc(C2CCCc3cncn32)cc1.c1ccc(Cn2ccnc2)cc1. The summed E-state index contributed by atoms with van der Waals surface area (Å²) in [5.74, 6) is 6.35. The van der Waals surface area contributed by atoms with Crippen molar-refractivity contribution in [3.63, 3.8) is 0 Å². The summed E-state index contributed by atoms with van der Waals surface area (Å²) in [6.07, 6.45) is 37.3. The molecule has 732 valence electrons. The Morgan fingerprint density at radius 3 is 1.06 bits per heavy atom. The van der Waals surface area contributed by atoms with Gasteiger partial charge in [-0.3, -0.25) is 22.0 Å². The minimum atomic E-state index is -0.158. The number of rotatable bonds is 13. The molecule has 16 nitrogen and oxygen atoms in total. The molecule has 3 aliphatic heterocycles. The minimum absolute atomic E-state index is 0. The van der Waals surface area contributed by atoms with E-state index in [1.807, 2.05) is 250 Å². The Bertz CT molecular complexity index is 4080. The number of benzene rings is 7. The number of aromatic nitrogens is 10. The highest BCUT2D eigenvalue weighted by molar-refractivity contribution is 9.09. The van der Waals surface area contributed by atoms with E-state index in [1.54, 1.807) is 33.7 Å². The van der Waals surface area contributed by atoms with Gasteiger partial charge in [-0.15, -0.1) is 0 Å². The molecule has 12 aromatic rings. The third-order valence-corrected chi connectivity index (χ3v) is 16.2. The summed E-state index contributed by atoms with van der Waals surface area (Å²) >= 11 is 8.81. The van der Waals surface area contributed by atoms with Crippen molar-refractivity contribution in [3.8, 4) is 5.75 Å². The highest BCUT2D eigenvalue weighted by Crippen LogP contribution is 2.32. The topological polar surface area (TPSA) is 130 Å². The maximum absolute atomic E-state index is 9.50. The quantitative estimate of drug-likeness (QED) is 0.0483. The van der Waals surface area contributed by atoms with Crippen LogP contribution in [-0.2, 0) is 28.9 Å². The van der Waals surface area contributed by atoms with Crippen molar-refractivity contribution in [1.29, 1.82) is 0 Å². The Labute approximate surface area is 818 Å². The Morgan fingerprint density at radius 2 is 0.733 bits per heavy atom. The Balaban J connectivity index is -0.000000135. The van der Waals surface area contributed by atoms with Crippen molar-refractivity contribution in [2.45, 2.75) is 206 Å². The second-order valence-electron chi connectivity index (χ2n) is 23.0. The van der Waals surface area contributed by atoms with E-state index in [0.29, 0.717) is 54.0 Å². The average Bonchev–Trinajstić information content (AvgIpc) is 1.71. The largest absolute Gasteiger partial charge is 0.497 e. The lowest BCUT2D eigenvalue weighted by molar-refractivity contribution is -0.108. The summed E-state index contributed by atoms with van der Waals surface area (Å²) in [6, 6.07) is 74.4. The normalized spacial score (nSPS) is 11.3. The zero-order chi connectivity index (χ0) is 101. The molecule has 4 atom stereocenters. The number of para-hydroxylation sites is 1. The number of halogens is 8. The summed E-state index contributed by atoms with van der Waals surface area (Å²) in [7, 11) is 11.8. The van der Waals surface area contributed by atoms with Crippen LogP contribution in [0.3, 0.4) is 0 Å². The van der Waals surface area contributed by atoms with Gasteiger partial charge >= 0.3 is 0 Å². The number of hydrogen-bond acceptors (Lipinski definition) is 8. The first kappa shape index (κ1) is 144. The molecule has 8 heterocycles. The Kier molecular flexibility index (Phi) is 129. The summed E-state index contributed by atoms with van der Waals surface area (Å²) in [5, 5.41) is 0. The molecular formula is C107H165Br3F5N13O3. The number of alkyl halides is 8. The fraction of sp³-hybridized carbons (Fsp3) is 0.421. The van der Waals surface area contributed by atoms with E-state index in [2.05, 4.69) is 269 Å². The van der Waals surface area contributed by atoms with Crippen LogP contribution in [0.1, 0.15) is 224 Å². The van der Waals surface area contributed by atoms with E-state index >= 15 is 0 Å². The number of aryl methyl sites for hydroxylation is 3. The van der Waals surface area contributed by atoms with Gasteiger partial charge in [-0.1, -0.05) is 364 Å². The van der Waals surface area contributed by atoms with Crippen LogP contribution < -0.4 is 4.74 Å². The van der Waals surface area contributed by atoms with E-state index in [-0.39, 0.29) is 19.8 Å². The number of fused-ring (bicyclic) bond motifs is 3. The molecule has 0 bridgehead atoms. The standard InChI is InChI=1S/C15H20N2O2.2C13H14N2.C13H12N2.C10H10N2.C7H8O.C7H8.3C2H3N.7C2H6.3CH3Br.5CH3F.CH4/c1-18-15(19-2)9-8-14(17-11-10-16-12-17)13-6-4-3-5-7-13;3*1-2-5-11(6-3-1)13-8-4-7-12-9-14-10-15(12)13;1-2-4-10(5-3-1)8-12-7-6-11-9-12;1-8-7-5-3-2-4-6-7;1-7-5-3-2-4-6-7;3*1-3-2;15*1-2;/h3-7,10-12,14-15H,8-9H2,1-2H3;2*1-3,5-6,9-10,13H,4,7-8H2;1-7,9-10,13H,8H2;1-7,9H,8H2;2-6H,1H3;2-6H,1H3;3*1H3;7*1-2H3;8*1H3;1H4. The second-order valence-corrected chi connectivity index (χ2v) is 23.0. The van der Waals surface area contributed by atoms with Crippen LogP contribution in [0.25, 0.3) is 20.6 Å². The maximum atomic E-state index is 9.50. The van der Waals surface area contributed by atoms with Gasteiger partial charge in [0.1, 0.15) is 5.75 Å². The molecule has 0 saturated carbocycles. The van der Waals surface area contributed by atoms with Gasteiger partial charge in [-0.2, -0.15) is 0 Å². The highest BCUT2D eigenvalue weighted by atomic mass is 79.9. The predicted molar refractivity (Wildman–Crippen MR) is 569 cm³/mol. The molecule has 4 unspecified atom stereocenters. The number of imidazole rings is 5. The van der Waals surface area contributed by atoms with Crippen LogP contribution in [0.15, 0.2) is 293 Å². The molecule has 15 rings (SSSR count). The zero-order valence-electron chi connectivity index (χ0n) is 83.8.